The molecule has 1 aromatic carbocycles. The zero-order valence-electron chi connectivity index (χ0n) is 14.5. The Bertz CT molecular complexity index is 911. The van der Waals surface area contributed by atoms with Gasteiger partial charge in [-0.15, -0.1) is 0 Å². The first-order chi connectivity index (χ1) is 12.0. The first-order valence-corrected chi connectivity index (χ1v) is 7.68. The minimum Gasteiger partial charge on any atom is -0.493 e. The van der Waals surface area contributed by atoms with E-state index in [4.69, 9.17) is 13.9 Å². The molecule has 130 valence electrons. The minimum atomic E-state index is -0.282. The van der Waals surface area contributed by atoms with Crippen LogP contribution in [0.2, 0.25) is 0 Å². The zero-order chi connectivity index (χ0) is 18.0. The maximum atomic E-state index is 12.6. The van der Waals surface area contributed by atoms with Crippen molar-refractivity contribution in [1.29, 1.82) is 0 Å². The number of benzene rings is 1. The van der Waals surface area contributed by atoms with Crippen molar-refractivity contribution in [1.82, 2.24) is 10.2 Å². The number of furan rings is 1. The lowest BCUT2D eigenvalue weighted by Gasteiger charge is -2.10. The molecule has 0 bridgehead atoms. The highest BCUT2D eigenvalue weighted by atomic mass is 16.5. The fourth-order valence-electron chi connectivity index (χ4n) is 2.49. The van der Waals surface area contributed by atoms with E-state index in [1.807, 2.05) is 26.0 Å². The molecular formula is C18H19N3O4. The number of H-pyrrole nitrogens is 1. The van der Waals surface area contributed by atoms with Gasteiger partial charge in [-0.25, -0.2) is 0 Å². The van der Waals surface area contributed by atoms with Crippen LogP contribution in [-0.2, 0) is 0 Å². The van der Waals surface area contributed by atoms with E-state index in [1.54, 1.807) is 25.3 Å². The molecule has 0 aliphatic rings. The Morgan fingerprint density at radius 1 is 1.12 bits per heavy atom. The number of hydrogen-bond acceptors (Lipinski definition) is 5. The highest BCUT2D eigenvalue weighted by Gasteiger charge is 2.19. The van der Waals surface area contributed by atoms with Crippen molar-refractivity contribution in [3.05, 3.63) is 47.3 Å². The number of carbonyl (C=O) groups excluding carboxylic acids is 1. The molecule has 0 aliphatic carbocycles. The van der Waals surface area contributed by atoms with Gasteiger partial charge in [0, 0.05) is 5.56 Å². The molecule has 0 radical (unpaired) electrons. The van der Waals surface area contributed by atoms with Crippen molar-refractivity contribution in [2.75, 3.05) is 19.5 Å². The summed E-state index contributed by atoms with van der Waals surface area (Å²) < 4.78 is 16.0. The standard InChI is InChI=1S/C18H19N3O4/c1-10-5-7-14(25-10)17-16(11(2)20-21-17)19-18(22)12-6-8-13(23-3)15(9-12)24-4/h5-9H,1-4H3,(H,19,22)(H,20,21). The number of hydrogen-bond donors (Lipinski definition) is 2. The summed E-state index contributed by atoms with van der Waals surface area (Å²) in [5, 5.41) is 9.98. The average molecular weight is 341 g/mol. The van der Waals surface area contributed by atoms with Crippen LogP contribution in [0.3, 0.4) is 0 Å². The lowest BCUT2D eigenvalue weighted by Crippen LogP contribution is -2.13. The van der Waals surface area contributed by atoms with Gasteiger partial charge in [-0.2, -0.15) is 5.10 Å². The van der Waals surface area contributed by atoms with Crippen LogP contribution >= 0.6 is 0 Å². The van der Waals surface area contributed by atoms with Gasteiger partial charge in [0.2, 0.25) is 0 Å². The molecule has 2 N–H and O–H groups in total. The van der Waals surface area contributed by atoms with Gasteiger partial charge >= 0.3 is 0 Å². The molecule has 2 aromatic heterocycles. The number of aryl methyl sites for hydroxylation is 2. The fourth-order valence-corrected chi connectivity index (χ4v) is 2.49. The molecule has 0 aliphatic heterocycles. The molecule has 0 saturated carbocycles. The average Bonchev–Trinajstić information content (AvgIpc) is 3.20. The number of amides is 1. The maximum Gasteiger partial charge on any atom is 0.255 e. The van der Waals surface area contributed by atoms with Crippen molar-refractivity contribution >= 4 is 11.6 Å². The van der Waals surface area contributed by atoms with Crippen LogP contribution < -0.4 is 14.8 Å². The second kappa shape index (κ2) is 6.72. The van der Waals surface area contributed by atoms with E-state index in [9.17, 15) is 4.79 Å². The SMILES string of the molecule is COc1ccc(C(=O)Nc2c(-c3ccc(C)o3)n[nH]c2C)cc1OC. The van der Waals surface area contributed by atoms with E-state index >= 15 is 0 Å². The van der Waals surface area contributed by atoms with E-state index < -0.39 is 0 Å². The fraction of sp³-hybridized carbons (Fsp3) is 0.222. The first-order valence-electron chi connectivity index (χ1n) is 7.68. The van der Waals surface area contributed by atoms with Gasteiger partial charge in [0.05, 0.1) is 25.6 Å². The zero-order valence-corrected chi connectivity index (χ0v) is 14.5. The third kappa shape index (κ3) is 3.21. The Morgan fingerprint density at radius 3 is 2.52 bits per heavy atom. The summed E-state index contributed by atoms with van der Waals surface area (Å²) in [4.78, 5) is 12.6. The van der Waals surface area contributed by atoms with Crippen LogP contribution in [0.15, 0.2) is 34.7 Å². The lowest BCUT2D eigenvalue weighted by molar-refractivity contribution is 0.102. The topological polar surface area (TPSA) is 89.4 Å². The summed E-state index contributed by atoms with van der Waals surface area (Å²) in [5.74, 6) is 2.12. The van der Waals surface area contributed by atoms with Gasteiger partial charge in [0.15, 0.2) is 23.0 Å². The highest BCUT2D eigenvalue weighted by Crippen LogP contribution is 2.31. The van der Waals surface area contributed by atoms with Gasteiger partial charge < -0.3 is 19.2 Å². The lowest BCUT2D eigenvalue weighted by atomic mass is 10.1. The predicted octanol–water partition coefficient (Wildman–Crippen LogP) is 3.56. The summed E-state index contributed by atoms with van der Waals surface area (Å²) in [5.41, 5.74) is 2.31. The maximum absolute atomic E-state index is 12.6. The number of ether oxygens (including phenoxy) is 2. The number of aromatic amines is 1. The second-order valence-corrected chi connectivity index (χ2v) is 5.51. The van der Waals surface area contributed by atoms with Crippen molar-refractivity contribution < 1.29 is 18.7 Å². The molecule has 3 rings (SSSR count). The van der Waals surface area contributed by atoms with E-state index in [0.29, 0.717) is 34.2 Å². The molecule has 0 spiro atoms. The number of rotatable bonds is 5. The Labute approximate surface area is 145 Å². The Morgan fingerprint density at radius 2 is 1.88 bits per heavy atom. The Balaban J connectivity index is 1.90. The molecule has 3 aromatic rings. The minimum absolute atomic E-state index is 0.282. The molecule has 7 heteroatoms. The van der Waals surface area contributed by atoms with E-state index in [1.165, 1.54) is 7.11 Å². The number of methoxy groups -OCH3 is 2. The van der Waals surface area contributed by atoms with Crippen molar-refractivity contribution in [3.8, 4) is 23.0 Å². The van der Waals surface area contributed by atoms with E-state index in [-0.39, 0.29) is 5.91 Å². The van der Waals surface area contributed by atoms with E-state index in [2.05, 4.69) is 15.5 Å². The number of anilines is 1. The third-order valence-electron chi connectivity index (χ3n) is 3.81. The number of aromatic nitrogens is 2. The molecule has 0 unspecified atom stereocenters. The van der Waals surface area contributed by atoms with Crippen molar-refractivity contribution in [3.63, 3.8) is 0 Å². The summed E-state index contributed by atoms with van der Waals surface area (Å²) in [7, 11) is 3.07. The molecular weight excluding hydrogens is 322 g/mol. The summed E-state index contributed by atoms with van der Waals surface area (Å²) >= 11 is 0. The van der Waals surface area contributed by atoms with E-state index in [0.717, 1.165) is 11.5 Å². The normalized spacial score (nSPS) is 10.6. The van der Waals surface area contributed by atoms with Gasteiger partial charge in [-0.3, -0.25) is 9.89 Å². The Kier molecular flexibility index (Phi) is 4.47. The van der Waals surface area contributed by atoms with Gasteiger partial charge in [-0.1, -0.05) is 0 Å². The molecule has 0 atom stereocenters. The van der Waals surface area contributed by atoms with Gasteiger partial charge in [0.1, 0.15) is 5.76 Å². The molecule has 1 amide bonds. The van der Waals surface area contributed by atoms with Crippen LogP contribution in [-0.4, -0.2) is 30.3 Å². The number of carbonyl (C=O) groups is 1. The molecule has 7 nitrogen and oxygen atoms in total. The highest BCUT2D eigenvalue weighted by molar-refractivity contribution is 6.06. The monoisotopic (exact) mass is 341 g/mol. The summed E-state index contributed by atoms with van der Waals surface area (Å²) in [6.45, 7) is 3.68. The molecule has 0 saturated heterocycles. The van der Waals surface area contributed by atoms with Crippen LogP contribution in [0, 0.1) is 13.8 Å². The number of nitrogens with one attached hydrogen (secondary N) is 2. The Hall–Kier alpha value is -3.22. The van der Waals surface area contributed by atoms with Crippen LogP contribution in [0.25, 0.3) is 11.5 Å². The smallest absolute Gasteiger partial charge is 0.255 e. The second-order valence-electron chi connectivity index (χ2n) is 5.51. The van der Waals surface area contributed by atoms with Crippen LogP contribution in [0.5, 0.6) is 11.5 Å². The van der Waals surface area contributed by atoms with Crippen LogP contribution in [0.4, 0.5) is 5.69 Å². The van der Waals surface area contributed by atoms with Crippen molar-refractivity contribution in [2.45, 2.75) is 13.8 Å². The predicted molar refractivity (Wildman–Crippen MR) is 93.3 cm³/mol. The third-order valence-corrected chi connectivity index (χ3v) is 3.81. The molecule has 25 heavy (non-hydrogen) atoms. The molecule has 2 heterocycles. The molecule has 0 fully saturated rings. The van der Waals surface area contributed by atoms with Crippen LogP contribution in [0.1, 0.15) is 21.8 Å². The first kappa shape index (κ1) is 16.6. The largest absolute Gasteiger partial charge is 0.493 e. The summed E-state index contributed by atoms with van der Waals surface area (Å²) in [6.07, 6.45) is 0. The van der Waals surface area contributed by atoms with Gasteiger partial charge in [-0.05, 0) is 44.2 Å². The summed E-state index contributed by atoms with van der Waals surface area (Å²) in [6, 6.07) is 8.65. The van der Waals surface area contributed by atoms with Gasteiger partial charge in [0.25, 0.3) is 5.91 Å². The van der Waals surface area contributed by atoms with Crippen molar-refractivity contribution in [2.24, 2.45) is 0 Å². The quantitative estimate of drug-likeness (QED) is 0.741. The number of nitrogens with zero attached hydrogens (tertiary/aromatic N) is 1.